The predicted molar refractivity (Wildman–Crippen MR) is 230 cm³/mol. The first-order valence-electron chi connectivity index (χ1n) is 22.2. The zero-order valence-corrected chi connectivity index (χ0v) is 34.8. The highest BCUT2D eigenvalue weighted by Gasteiger charge is 2.35. The average Bonchev–Trinajstić information content (AvgIpc) is 3.93. The third-order valence-electron chi connectivity index (χ3n) is 14.1. The Morgan fingerprint density at radius 2 is 1.58 bits per heavy atom. The monoisotopic (exact) mass is 800 g/mol. The van der Waals surface area contributed by atoms with Crippen LogP contribution in [0.2, 0.25) is 0 Å². The van der Waals surface area contributed by atoms with Crippen molar-refractivity contribution < 1.29 is 14.4 Å². The van der Waals surface area contributed by atoms with Gasteiger partial charge < -0.3 is 19.7 Å². The molecule has 5 aliphatic rings. The largest absolute Gasteiger partial charge is 0.368 e. The van der Waals surface area contributed by atoms with Gasteiger partial charge in [-0.25, -0.2) is 9.97 Å². The molecule has 3 aromatic heterocycles. The van der Waals surface area contributed by atoms with Crippen LogP contribution < -0.4 is 15.5 Å². The van der Waals surface area contributed by atoms with Crippen LogP contribution in [0, 0.1) is 11.8 Å². The highest BCUT2D eigenvalue weighted by atomic mass is 16.2. The molecule has 6 heterocycles. The number of fused-ring (bicyclic) bond motifs is 1. The van der Waals surface area contributed by atoms with Crippen LogP contribution in [-0.4, -0.2) is 111 Å². The van der Waals surface area contributed by atoms with Gasteiger partial charge in [0, 0.05) is 76.9 Å². The second-order valence-corrected chi connectivity index (χ2v) is 18.0. The third kappa shape index (κ3) is 8.73. The lowest BCUT2D eigenvalue weighted by Gasteiger charge is -2.45. The lowest BCUT2D eigenvalue weighted by Crippen LogP contribution is -2.52. The van der Waals surface area contributed by atoms with Gasteiger partial charge in [0.1, 0.15) is 17.2 Å². The summed E-state index contributed by atoms with van der Waals surface area (Å²) in [4.78, 5) is 60.7. The first-order chi connectivity index (χ1) is 28.8. The maximum Gasteiger partial charge on any atom is 0.270 e. The van der Waals surface area contributed by atoms with Gasteiger partial charge in [-0.1, -0.05) is 49.9 Å². The summed E-state index contributed by atoms with van der Waals surface area (Å²) in [5.74, 6) is 2.27. The molecule has 2 saturated carbocycles. The van der Waals surface area contributed by atoms with Crippen molar-refractivity contribution in [3.05, 3.63) is 71.7 Å². The molecule has 3 aliphatic heterocycles. The van der Waals surface area contributed by atoms with Gasteiger partial charge >= 0.3 is 0 Å². The van der Waals surface area contributed by atoms with Crippen molar-refractivity contribution in [3.8, 4) is 0 Å². The molecule has 9 rings (SSSR count). The number of hydrogen-bond donors (Lipinski definition) is 2. The fraction of sp³-hybridized carbons (Fsp3) is 0.565. The number of carbonyl (C=O) groups excluding carboxylic acids is 3. The quantitative estimate of drug-likeness (QED) is 0.172. The molecule has 3 atom stereocenters. The van der Waals surface area contributed by atoms with Gasteiger partial charge in [0.15, 0.2) is 0 Å². The average molecular weight is 801 g/mol. The Kier molecular flexibility index (Phi) is 11.7. The summed E-state index contributed by atoms with van der Waals surface area (Å²) in [5.41, 5.74) is 4.92. The molecule has 3 unspecified atom stereocenters. The van der Waals surface area contributed by atoms with Crippen LogP contribution >= 0.6 is 0 Å². The molecule has 13 heteroatoms. The Morgan fingerprint density at radius 1 is 0.814 bits per heavy atom. The summed E-state index contributed by atoms with van der Waals surface area (Å²) in [6, 6.07) is 15.6. The molecule has 4 aromatic rings. The second kappa shape index (κ2) is 17.4. The number of piperazine rings is 1. The summed E-state index contributed by atoms with van der Waals surface area (Å²) in [7, 11) is 3.59. The van der Waals surface area contributed by atoms with Gasteiger partial charge in [-0.05, 0) is 99.2 Å². The van der Waals surface area contributed by atoms with E-state index in [0.29, 0.717) is 36.3 Å². The summed E-state index contributed by atoms with van der Waals surface area (Å²) in [6.45, 7) is 7.45. The SMILES string of the molecule is CN(C)C(=O)c1cc2cnc(Nc3ccc(N4CCN(C5CCCC(C6CCN(Cc7ccc(C8CCC(=O)NC8=O)cc7)CC6)C5)CC4)cn3)nc2n1C1CCCC1. The van der Waals surface area contributed by atoms with E-state index in [9.17, 15) is 14.4 Å². The molecule has 3 amide bonds. The molecule has 312 valence electrons. The molecule has 2 N–H and O–H groups in total. The minimum atomic E-state index is -0.220. The van der Waals surface area contributed by atoms with E-state index in [2.05, 4.69) is 65.2 Å². The zero-order chi connectivity index (χ0) is 40.5. The van der Waals surface area contributed by atoms with Crippen LogP contribution in [0.4, 0.5) is 17.5 Å². The third-order valence-corrected chi connectivity index (χ3v) is 14.1. The fourth-order valence-corrected chi connectivity index (χ4v) is 10.8. The number of hydrogen-bond acceptors (Lipinski definition) is 10. The highest BCUT2D eigenvalue weighted by molar-refractivity contribution is 6.01. The van der Waals surface area contributed by atoms with Gasteiger partial charge in [0.25, 0.3) is 5.91 Å². The summed E-state index contributed by atoms with van der Waals surface area (Å²) in [6.07, 6.45) is 17.2. The van der Waals surface area contributed by atoms with Crippen molar-refractivity contribution in [2.45, 2.75) is 102 Å². The molecule has 1 aromatic carbocycles. The normalized spacial score (nSPS) is 24.1. The molecule has 0 radical (unpaired) electrons. The Labute approximate surface area is 347 Å². The molecule has 2 aliphatic carbocycles. The van der Waals surface area contributed by atoms with Crippen molar-refractivity contribution in [2.24, 2.45) is 11.8 Å². The number of nitrogens with one attached hydrogen (secondary N) is 2. The minimum Gasteiger partial charge on any atom is -0.368 e. The van der Waals surface area contributed by atoms with Crippen LogP contribution in [0.1, 0.15) is 111 Å². The van der Waals surface area contributed by atoms with Crippen LogP contribution in [0.3, 0.4) is 0 Å². The van der Waals surface area contributed by atoms with Crippen LogP contribution in [0.15, 0.2) is 54.9 Å². The first kappa shape index (κ1) is 39.6. The molecular formula is C46H60N10O3. The smallest absolute Gasteiger partial charge is 0.270 e. The molecule has 0 spiro atoms. The van der Waals surface area contributed by atoms with Gasteiger partial charge in [-0.3, -0.25) is 29.5 Å². The van der Waals surface area contributed by atoms with Crippen molar-refractivity contribution >= 4 is 46.2 Å². The predicted octanol–water partition coefficient (Wildman–Crippen LogP) is 6.50. The van der Waals surface area contributed by atoms with E-state index in [1.807, 2.05) is 24.5 Å². The number of benzene rings is 1. The first-order valence-corrected chi connectivity index (χ1v) is 22.2. The van der Waals surface area contributed by atoms with Crippen LogP contribution in [-0.2, 0) is 16.1 Å². The van der Waals surface area contributed by atoms with Gasteiger partial charge in [0.2, 0.25) is 17.8 Å². The standard InChI is InChI=1S/C46H60N10O3/c1-52(2)45(59)40-27-35-28-48-46(51-43(35)56(40)36-7-3-4-8-36)49-41-16-14-38(29-47-41)55-24-22-54(23-25-55)37-9-5-6-34(26-37)32-18-20-53(21-19-32)30-31-10-12-33(13-11-31)39-15-17-42(57)50-44(39)58/h10-14,16,27-29,32,34,36-37,39H,3-9,15,17-26,30H2,1-2H3,(H,50,57,58)(H,47,48,49,51). The highest BCUT2D eigenvalue weighted by Crippen LogP contribution is 2.39. The number of imide groups is 1. The molecule has 13 nitrogen and oxygen atoms in total. The lowest BCUT2D eigenvalue weighted by molar-refractivity contribution is -0.134. The number of rotatable bonds is 10. The van der Waals surface area contributed by atoms with Crippen LogP contribution in [0.5, 0.6) is 0 Å². The van der Waals surface area contributed by atoms with E-state index in [4.69, 9.17) is 9.97 Å². The van der Waals surface area contributed by atoms with Gasteiger partial charge in [-0.15, -0.1) is 0 Å². The molecule has 3 saturated heterocycles. The van der Waals surface area contributed by atoms with Crippen molar-refractivity contribution in [3.63, 3.8) is 0 Å². The number of piperidine rings is 2. The molecule has 0 bridgehead atoms. The zero-order valence-electron chi connectivity index (χ0n) is 34.8. The minimum absolute atomic E-state index is 0.00950. The van der Waals surface area contributed by atoms with Crippen molar-refractivity contribution in [1.29, 1.82) is 0 Å². The number of carbonyl (C=O) groups is 3. The van der Waals surface area contributed by atoms with E-state index >= 15 is 0 Å². The number of likely N-dealkylation sites (tertiary alicyclic amines) is 1. The maximum atomic E-state index is 13.1. The van der Waals surface area contributed by atoms with Crippen LogP contribution in [0.25, 0.3) is 11.0 Å². The molecule has 59 heavy (non-hydrogen) atoms. The van der Waals surface area contributed by atoms with E-state index < -0.39 is 0 Å². The lowest BCUT2D eigenvalue weighted by atomic mass is 9.73. The Hall–Kier alpha value is -4.88. The second-order valence-electron chi connectivity index (χ2n) is 18.0. The van der Waals surface area contributed by atoms with Crippen molar-refractivity contribution in [2.75, 3.05) is 63.6 Å². The number of anilines is 3. The Morgan fingerprint density at radius 3 is 2.29 bits per heavy atom. The van der Waals surface area contributed by atoms with E-state index in [0.717, 1.165) is 92.8 Å². The van der Waals surface area contributed by atoms with E-state index in [1.54, 1.807) is 19.0 Å². The number of aromatic nitrogens is 4. The molecular weight excluding hydrogens is 741 g/mol. The maximum absolute atomic E-state index is 13.1. The topological polar surface area (TPSA) is 132 Å². The summed E-state index contributed by atoms with van der Waals surface area (Å²) < 4.78 is 2.14. The Bertz CT molecular complexity index is 2110. The van der Waals surface area contributed by atoms with E-state index in [-0.39, 0.29) is 29.7 Å². The number of pyridine rings is 1. The van der Waals surface area contributed by atoms with Gasteiger partial charge in [-0.2, -0.15) is 4.98 Å². The Balaban J connectivity index is 0.741. The number of nitrogens with zero attached hydrogens (tertiary/aromatic N) is 8. The van der Waals surface area contributed by atoms with E-state index in [1.165, 1.54) is 56.9 Å². The summed E-state index contributed by atoms with van der Waals surface area (Å²) >= 11 is 0. The van der Waals surface area contributed by atoms with Gasteiger partial charge in [0.05, 0.1) is 17.8 Å². The fourth-order valence-electron chi connectivity index (χ4n) is 10.8. The number of amides is 3. The van der Waals surface area contributed by atoms with Crippen molar-refractivity contribution in [1.82, 2.24) is 39.5 Å². The summed E-state index contributed by atoms with van der Waals surface area (Å²) in [5, 5.41) is 6.69. The molecule has 5 fully saturated rings.